The highest BCUT2D eigenvalue weighted by atomic mass is 32.2. The number of hydrogen-bond acceptors (Lipinski definition) is 7. The van der Waals surface area contributed by atoms with Gasteiger partial charge in [0.2, 0.25) is 5.58 Å². The third-order valence-electron chi connectivity index (χ3n) is 7.22. The fourth-order valence-corrected chi connectivity index (χ4v) is 6.07. The van der Waals surface area contributed by atoms with Gasteiger partial charge in [0.25, 0.3) is 25.8 Å². The van der Waals surface area contributed by atoms with Crippen LogP contribution < -0.4 is 14.2 Å². The molecule has 1 aromatic heterocycles. The summed E-state index contributed by atoms with van der Waals surface area (Å²) in [4.78, 5) is 1.83. The molecule has 222 valence electrons. The average molecular weight is 614 g/mol. The number of nitrogens with zero attached hydrogens (tertiary/aromatic N) is 2. The van der Waals surface area contributed by atoms with Crippen LogP contribution in [0.4, 0.5) is 5.69 Å². The molecule has 10 nitrogen and oxygen atoms in total. The van der Waals surface area contributed by atoms with Gasteiger partial charge in [0.05, 0.1) is 23.3 Å². The molecule has 0 bridgehead atoms. The zero-order valence-corrected chi connectivity index (χ0v) is 24.7. The van der Waals surface area contributed by atoms with Crippen molar-refractivity contribution in [1.82, 2.24) is 0 Å². The Morgan fingerprint density at radius 3 is 2.36 bits per heavy atom. The summed E-state index contributed by atoms with van der Waals surface area (Å²) in [5.74, 6) is 0.326. The van der Waals surface area contributed by atoms with Crippen molar-refractivity contribution in [3.8, 4) is 16.9 Å². The molecule has 3 aromatic carbocycles. The molecule has 0 spiro atoms. The second-order valence-electron chi connectivity index (χ2n) is 10.2. The summed E-state index contributed by atoms with van der Waals surface area (Å²) in [7, 11) is -8.30. The van der Waals surface area contributed by atoms with E-state index in [0.29, 0.717) is 36.6 Å². The number of rotatable bonds is 12. The van der Waals surface area contributed by atoms with Gasteiger partial charge >= 0.3 is 5.89 Å². The van der Waals surface area contributed by atoms with Gasteiger partial charge in [-0.05, 0) is 35.7 Å². The van der Waals surface area contributed by atoms with Crippen molar-refractivity contribution < 1.29 is 39.7 Å². The van der Waals surface area contributed by atoms with Crippen molar-refractivity contribution in [1.29, 1.82) is 0 Å². The molecule has 5 rings (SSSR count). The van der Waals surface area contributed by atoms with E-state index in [4.69, 9.17) is 9.15 Å². The van der Waals surface area contributed by atoms with Gasteiger partial charge < -0.3 is 14.1 Å². The van der Waals surface area contributed by atoms with Gasteiger partial charge in [0.15, 0.2) is 12.8 Å². The van der Waals surface area contributed by atoms with Gasteiger partial charge in [0.1, 0.15) is 5.75 Å². The highest BCUT2D eigenvalue weighted by Gasteiger charge is 2.32. The second-order valence-corrected chi connectivity index (χ2v) is 13.3. The standard InChI is InChI=1S/C30H32N2O8S2/c1-2-22(20-30-32(16-18-42(36,37)38)25-11-6-7-12-27(25)39-30)19-29-31(15-8-17-41(33,34)35)26-21-24(13-14-28(26)40-29)23-9-4-3-5-10-23/h3-7,9-14,19,21,30H,2,8,15-18,20H2,1H3,(H-,33,34,35,36,37,38)/p+1. The Morgan fingerprint density at radius 1 is 0.929 bits per heavy atom. The molecule has 1 aliphatic rings. The summed E-state index contributed by atoms with van der Waals surface area (Å²) in [5, 5.41) is 0. The van der Waals surface area contributed by atoms with Crippen LogP contribution in [0.1, 0.15) is 32.1 Å². The summed E-state index contributed by atoms with van der Waals surface area (Å²) in [6.07, 6.45) is 2.65. The number of anilines is 1. The molecule has 0 amide bonds. The van der Waals surface area contributed by atoms with Crippen molar-refractivity contribution in [2.45, 2.75) is 39.0 Å². The molecule has 12 heteroatoms. The number of hydrogen-bond donors (Lipinski definition) is 2. The monoisotopic (exact) mass is 613 g/mol. The largest absolute Gasteiger partial charge is 0.468 e. The van der Waals surface area contributed by atoms with Crippen molar-refractivity contribution in [2.24, 2.45) is 0 Å². The molecule has 2 N–H and O–H groups in total. The minimum absolute atomic E-state index is 0.0556. The van der Waals surface area contributed by atoms with Crippen LogP contribution in [0, 0.1) is 0 Å². The summed E-state index contributed by atoms with van der Waals surface area (Å²) >= 11 is 0. The predicted octanol–water partition coefficient (Wildman–Crippen LogP) is 4.96. The van der Waals surface area contributed by atoms with Crippen LogP contribution in [-0.2, 0) is 26.8 Å². The number of oxazole rings is 1. The van der Waals surface area contributed by atoms with Gasteiger partial charge in [-0.2, -0.15) is 21.4 Å². The van der Waals surface area contributed by atoms with E-state index in [1.807, 2.05) is 95.3 Å². The van der Waals surface area contributed by atoms with Crippen LogP contribution in [0.15, 0.2) is 82.8 Å². The number of fused-ring (bicyclic) bond motifs is 2. The third kappa shape index (κ3) is 7.19. The highest BCUT2D eigenvalue weighted by molar-refractivity contribution is 7.86. The number of benzene rings is 3. The lowest BCUT2D eigenvalue weighted by Crippen LogP contribution is -2.38. The lowest BCUT2D eigenvalue weighted by Gasteiger charge is -2.25. The summed E-state index contributed by atoms with van der Waals surface area (Å²) in [6.45, 7) is 2.34. The number of para-hydroxylation sites is 2. The zero-order valence-electron chi connectivity index (χ0n) is 23.1. The molecule has 0 aliphatic carbocycles. The first-order chi connectivity index (χ1) is 20.0. The molecule has 0 radical (unpaired) electrons. The van der Waals surface area contributed by atoms with E-state index in [-0.39, 0.29) is 18.7 Å². The van der Waals surface area contributed by atoms with Crippen LogP contribution >= 0.6 is 0 Å². The van der Waals surface area contributed by atoms with Crippen molar-refractivity contribution in [3.63, 3.8) is 0 Å². The molecule has 42 heavy (non-hydrogen) atoms. The SMILES string of the molecule is CCC(=Cc1oc2ccc(-c3ccccc3)cc2[n+]1CCCS(=O)(=O)O)CC1Oc2ccccc2N1CCS(=O)(=O)O. The lowest BCUT2D eigenvalue weighted by atomic mass is 10.1. The van der Waals surface area contributed by atoms with E-state index in [1.165, 1.54) is 0 Å². The second kappa shape index (κ2) is 12.3. The number of aromatic nitrogens is 1. The number of ether oxygens (including phenoxy) is 1. The molecule has 0 fully saturated rings. The molecule has 4 aromatic rings. The Balaban J connectivity index is 1.49. The predicted molar refractivity (Wildman–Crippen MR) is 160 cm³/mol. The van der Waals surface area contributed by atoms with Crippen molar-refractivity contribution in [3.05, 3.63) is 84.3 Å². The average Bonchev–Trinajstić information content (AvgIpc) is 3.47. The van der Waals surface area contributed by atoms with E-state index in [1.54, 1.807) is 0 Å². The maximum Gasteiger partial charge on any atom is 0.374 e. The van der Waals surface area contributed by atoms with Crippen LogP contribution in [0.25, 0.3) is 28.3 Å². The maximum absolute atomic E-state index is 11.5. The third-order valence-corrected chi connectivity index (χ3v) is 8.72. The fraction of sp³-hybridized carbons (Fsp3) is 0.300. The van der Waals surface area contributed by atoms with Crippen LogP contribution in [0.5, 0.6) is 5.75 Å². The van der Waals surface area contributed by atoms with E-state index in [2.05, 4.69) is 0 Å². The molecule has 1 atom stereocenters. The van der Waals surface area contributed by atoms with E-state index >= 15 is 0 Å². The molecular weight excluding hydrogens is 580 g/mol. The Kier molecular flexibility index (Phi) is 8.69. The first-order valence-corrected chi connectivity index (χ1v) is 16.9. The minimum atomic E-state index is -4.17. The molecule has 2 heterocycles. The first kappa shape index (κ1) is 29.8. The Labute approximate surface area is 245 Å². The normalized spacial score (nSPS) is 15.6. The molecule has 1 unspecified atom stereocenters. The van der Waals surface area contributed by atoms with Gasteiger partial charge in [-0.15, -0.1) is 0 Å². The van der Waals surface area contributed by atoms with E-state index in [9.17, 15) is 25.9 Å². The Hall–Kier alpha value is -3.71. The van der Waals surface area contributed by atoms with Gasteiger partial charge in [-0.25, -0.2) is 0 Å². The van der Waals surface area contributed by atoms with Gasteiger partial charge in [0, 0.05) is 25.5 Å². The molecular formula is C30H33N2O8S2+. The van der Waals surface area contributed by atoms with Crippen LogP contribution in [0.2, 0.25) is 0 Å². The smallest absolute Gasteiger partial charge is 0.374 e. The van der Waals surface area contributed by atoms with Crippen LogP contribution in [0.3, 0.4) is 0 Å². The molecule has 0 saturated heterocycles. The summed E-state index contributed by atoms with van der Waals surface area (Å²) in [6, 6.07) is 23.1. The van der Waals surface area contributed by atoms with E-state index in [0.717, 1.165) is 27.9 Å². The highest BCUT2D eigenvalue weighted by Crippen LogP contribution is 2.39. The van der Waals surface area contributed by atoms with Gasteiger partial charge in [-0.1, -0.05) is 61.0 Å². The van der Waals surface area contributed by atoms with E-state index < -0.39 is 32.2 Å². The Morgan fingerprint density at radius 2 is 1.64 bits per heavy atom. The summed E-state index contributed by atoms with van der Waals surface area (Å²) < 4.78 is 79.0. The Bertz CT molecular complexity index is 1820. The lowest BCUT2D eigenvalue weighted by molar-refractivity contribution is -0.677. The number of aryl methyl sites for hydroxylation is 1. The van der Waals surface area contributed by atoms with Gasteiger partial charge in [-0.3, -0.25) is 9.11 Å². The maximum atomic E-state index is 11.5. The van der Waals surface area contributed by atoms with Crippen molar-refractivity contribution in [2.75, 3.05) is 23.0 Å². The molecule has 1 aliphatic heterocycles. The fourth-order valence-electron chi connectivity index (χ4n) is 5.15. The summed E-state index contributed by atoms with van der Waals surface area (Å²) in [5.41, 5.74) is 5.12. The minimum Gasteiger partial charge on any atom is -0.468 e. The first-order valence-electron chi connectivity index (χ1n) is 13.6. The zero-order chi connectivity index (χ0) is 29.9. The quantitative estimate of drug-likeness (QED) is 0.168. The van der Waals surface area contributed by atoms with Crippen molar-refractivity contribution >= 4 is 43.1 Å². The molecule has 0 saturated carbocycles. The topological polar surface area (TPSA) is 138 Å². The van der Waals surface area contributed by atoms with Crippen LogP contribution in [-0.4, -0.2) is 50.2 Å².